The van der Waals surface area contributed by atoms with Crippen LogP contribution in [0.25, 0.3) is 11.0 Å². The van der Waals surface area contributed by atoms with E-state index in [4.69, 9.17) is 9.72 Å². The van der Waals surface area contributed by atoms with Gasteiger partial charge in [0.05, 0.1) is 23.7 Å². The van der Waals surface area contributed by atoms with Crippen molar-refractivity contribution in [2.75, 3.05) is 12.4 Å². The number of nitrogens with zero attached hydrogens (tertiary/aromatic N) is 2. The fraction of sp³-hybridized carbons (Fsp3) is 0.300. The van der Waals surface area contributed by atoms with Crippen LogP contribution >= 0.6 is 11.8 Å². The number of fused-ring (bicyclic) bond motifs is 1. The van der Waals surface area contributed by atoms with Gasteiger partial charge in [0.2, 0.25) is 0 Å². The lowest BCUT2D eigenvalue weighted by Gasteiger charge is -2.14. The van der Waals surface area contributed by atoms with E-state index in [1.165, 1.54) is 5.56 Å². The highest BCUT2D eigenvalue weighted by Crippen LogP contribution is 2.28. The van der Waals surface area contributed by atoms with Crippen molar-refractivity contribution in [3.8, 4) is 5.75 Å². The average Bonchev–Trinajstić information content (AvgIpc) is 2.96. The van der Waals surface area contributed by atoms with E-state index in [0.29, 0.717) is 6.61 Å². The van der Waals surface area contributed by atoms with E-state index in [0.717, 1.165) is 27.7 Å². The highest BCUT2D eigenvalue weighted by molar-refractivity contribution is 7.99. The van der Waals surface area contributed by atoms with Crippen molar-refractivity contribution in [1.82, 2.24) is 9.55 Å². The minimum atomic E-state index is -0.229. The van der Waals surface area contributed by atoms with Crippen molar-refractivity contribution >= 4 is 28.6 Å². The maximum atomic E-state index is 11.9. The summed E-state index contributed by atoms with van der Waals surface area (Å²) in [4.78, 5) is 16.6. The van der Waals surface area contributed by atoms with Crippen LogP contribution in [0.3, 0.4) is 0 Å². The quantitative estimate of drug-likeness (QED) is 0.457. The molecule has 0 aliphatic carbocycles. The number of ether oxygens (including phenoxy) is 1. The van der Waals surface area contributed by atoms with E-state index in [1.807, 2.05) is 66.9 Å². The number of carbonyl (C=O) groups excluding carboxylic acids is 1. The second-order valence-electron chi connectivity index (χ2n) is 6.05. The van der Waals surface area contributed by atoms with Gasteiger partial charge in [-0.2, -0.15) is 0 Å². The Labute approximate surface area is 152 Å². The minimum Gasteiger partial charge on any atom is -0.493 e. The van der Waals surface area contributed by atoms with Crippen molar-refractivity contribution < 1.29 is 9.53 Å². The molecule has 1 aromatic heterocycles. The molecule has 3 aromatic rings. The Bertz CT molecular complexity index is 888. The molecule has 0 N–H and O–H groups in total. The predicted molar refractivity (Wildman–Crippen MR) is 103 cm³/mol. The molecule has 0 aliphatic heterocycles. The summed E-state index contributed by atoms with van der Waals surface area (Å²) in [5.74, 6) is 1.77. The Morgan fingerprint density at radius 1 is 1.24 bits per heavy atom. The fourth-order valence-corrected chi connectivity index (χ4v) is 3.59. The van der Waals surface area contributed by atoms with Gasteiger partial charge in [0.15, 0.2) is 10.9 Å². The third-order valence-corrected chi connectivity index (χ3v) is 5.03. The van der Waals surface area contributed by atoms with Crippen LogP contribution in [0.5, 0.6) is 5.75 Å². The van der Waals surface area contributed by atoms with Crippen molar-refractivity contribution in [2.24, 2.45) is 0 Å². The van der Waals surface area contributed by atoms with Gasteiger partial charge in [-0.15, -0.1) is 0 Å². The zero-order valence-corrected chi connectivity index (χ0v) is 15.5. The summed E-state index contributed by atoms with van der Waals surface area (Å²) < 4.78 is 7.83. The van der Waals surface area contributed by atoms with E-state index >= 15 is 0 Å². The van der Waals surface area contributed by atoms with Gasteiger partial charge in [-0.3, -0.25) is 4.79 Å². The molecule has 0 spiro atoms. The molecule has 0 amide bonds. The molecule has 2 aromatic carbocycles. The maximum absolute atomic E-state index is 11.9. The first-order valence-electron chi connectivity index (χ1n) is 8.36. The molecule has 0 bridgehead atoms. The summed E-state index contributed by atoms with van der Waals surface area (Å²) in [7, 11) is 0. The number of hydrogen-bond donors (Lipinski definition) is 0. The zero-order chi connectivity index (χ0) is 17.8. The van der Waals surface area contributed by atoms with Gasteiger partial charge in [-0.25, -0.2) is 4.98 Å². The summed E-state index contributed by atoms with van der Waals surface area (Å²) in [6, 6.07) is 15.7. The Hall–Kier alpha value is -2.27. The maximum Gasteiger partial charge on any atom is 0.169 e. The van der Waals surface area contributed by atoms with Crippen LogP contribution in [0.15, 0.2) is 53.7 Å². The van der Waals surface area contributed by atoms with E-state index in [-0.39, 0.29) is 11.8 Å². The first-order valence-corrected chi connectivity index (χ1v) is 9.34. The summed E-state index contributed by atoms with van der Waals surface area (Å²) >= 11 is 1.62. The van der Waals surface area contributed by atoms with E-state index in [9.17, 15) is 4.79 Å². The van der Waals surface area contributed by atoms with Crippen molar-refractivity contribution in [1.29, 1.82) is 0 Å². The summed E-state index contributed by atoms with van der Waals surface area (Å²) in [5.41, 5.74) is 3.09. The van der Waals surface area contributed by atoms with Gasteiger partial charge < -0.3 is 9.30 Å². The number of benzene rings is 2. The van der Waals surface area contributed by atoms with Crippen molar-refractivity contribution in [3.05, 3.63) is 54.1 Å². The number of hydrogen-bond acceptors (Lipinski definition) is 4. The standard InChI is InChI=1S/C20H22N2O2S/c1-14-7-6-8-17(13-14)24-11-12-25-20-21-18-9-4-5-10-19(18)22(20)15(2)16(3)23/h4-10,13,15H,11-12H2,1-3H3. The van der Waals surface area contributed by atoms with Crippen LogP contribution in [-0.4, -0.2) is 27.7 Å². The van der Waals surface area contributed by atoms with Gasteiger partial charge in [-0.05, 0) is 50.6 Å². The van der Waals surface area contributed by atoms with Gasteiger partial charge in [0.25, 0.3) is 0 Å². The first kappa shape index (κ1) is 17.5. The minimum absolute atomic E-state index is 0.126. The number of ketones is 1. The Morgan fingerprint density at radius 3 is 2.80 bits per heavy atom. The summed E-state index contributed by atoms with van der Waals surface area (Å²) in [6.07, 6.45) is 0. The number of rotatable bonds is 7. The Morgan fingerprint density at radius 2 is 2.04 bits per heavy atom. The lowest BCUT2D eigenvalue weighted by Crippen LogP contribution is -2.14. The average molecular weight is 354 g/mol. The van der Waals surface area contributed by atoms with Crippen LogP contribution in [0.2, 0.25) is 0 Å². The molecule has 5 heteroatoms. The van der Waals surface area contributed by atoms with Crippen LogP contribution in [0, 0.1) is 6.92 Å². The largest absolute Gasteiger partial charge is 0.493 e. The van der Waals surface area contributed by atoms with Gasteiger partial charge in [0, 0.05) is 5.75 Å². The van der Waals surface area contributed by atoms with E-state index < -0.39 is 0 Å². The van der Waals surface area contributed by atoms with Crippen LogP contribution in [-0.2, 0) is 4.79 Å². The fourth-order valence-electron chi connectivity index (χ4n) is 2.68. The SMILES string of the molecule is CC(=O)C(C)n1c(SCCOc2cccc(C)c2)nc2ccccc21. The molecule has 0 fully saturated rings. The van der Waals surface area contributed by atoms with Crippen LogP contribution in [0.4, 0.5) is 0 Å². The molecule has 130 valence electrons. The molecule has 0 radical (unpaired) electrons. The third kappa shape index (κ3) is 4.04. The molecule has 1 unspecified atom stereocenters. The van der Waals surface area contributed by atoms with E-state index in [2.05, 4.69) is 0 Å². The van der Waals surface area contributed by atoms with Crippen molar-refractivity contribution in [3.63, 3.8) is 0 Å². The molecule has 4 nitrogen and oxygen atoms in total. The number of thioether (sulfide) groups is 1. The lowest BCUT2D eigenvalue weighted by atomic mass is 10.2. The second-order valence-corrected chi connectivity index (χ2v) is 7.12. The molecular weight excluding hydrogens is 332 g/mol. The number of imidazole rings is 1. The predicted octanol–water partition coefficient (Wildman–Crippen LogP) is 4.67. The highest BCUT2D eigenvalue weighted by Gasteiger charge is 2.18. The number of aryl methyl sites for hydroxylation is 1. The van der Waals surface area contributed by atoms with Crippen LogP contribution in [0.1, 0.15) is 25.5 Å². The zero-order valence-electron chi connectivity index (χ0n) is 14.7. The number of para-hydroxylation sites is 2. The Balaban J connectivity index is 1.72. The molecule has 0 aliphatic rings. The molecule has 1 atom stereocenters. The smallest absolute Gasteiger partial charge is 0.169 e. The van der Waals surface area contributed by atoms with E-state index in [1.54, 1.807) is 18.7 Å². The highest BCUT2D eigenvalue weighted by atomic mass is 32.2. The summed E-state index contributed by atoms with van der Waals surface area (Å²) in [6.45, 7) is 6.18. The lowest BCUT2D eigenvalue weighted by molar-refractivity contribution is -0.119. The molecule has 25 heavy (non-hydrogen) atoms. The van der Waals surface area contributed by atoms with Crippen molar-refractivity contribution in [2.45, 2.75) is 32.0 Å². The second kappa shape index (κ2) is 7.74. The van der Waals surface area contributed by atoms with Crippen LogP contribution < -0.4 is 4.74 Å². The molecular formula is C20H22N2O2S. The van der Waals surface area contributed by atoms with Gasteiger partial charge >= 0.3 is 0 Å². The van der Waals surface area contributed by atoms with Gasteiger partial charge in [-0.1, -0.05) is 36.0 Å². The van der Waals surface area contributed by atoms with Gasteiger partial charge in [0.1, 0.15) is 5.75 Å². The number of aromatic nitrogens is 2. The molecule has 0 saturated carbocycles. The molecule has 1 heterocycles. The third-order valence-electron chi connectivity index (χ3n) is 4.11. The summed E-state index contributed by atoms with van der Waals surface area (Å²) in [5, 5.41) is 0.858. The molecule has 3 rings (SSSR count). The molecule has 0 saturated heterocycles. The number of Topliss-reactive ketones (excluding diaryl/α,β-unsaturated/α-hetero) is 1. The monoisotopic (exact) mass is 354 g/mol. The normalized spacial score (nSPS) is 12.3. The Kier molecular flexibility index (Phi) is 5.43. The topological polar surface area (TPSA) is 44.1 Å². The first-order chi connectivity index (χ1) is 12.1. The number of carbonyl (C=O) groups is 1.